The van der Waals surface area contributed by atoms with E-state index < -0.39 is 11.6 Å². The van der Waals surface area contributed by atoms with Crippen LogP contribution in [0, 0.1) is 5.92 Å². The number of hydrogen-bond donors (Lipinski definition) is 4. The van der Waals surface area contributed by atoms with Gasteiger partial charge in [-0.1, -0.05) is 11.6 Å². The first-order valence-corrected chi connectivity index (χ1v) is 13.2. The molecular weight excluding hydrogens is 535 g/mol. The Bertz CT molecular complexity index is 1360. The Kier molecular flexibility index (Phi) is 7.96. The van der Waals surface area contributed by atoms with E-state index >= 15 is 0 Å². The molecule has 37 heavy (non-hydrogen) atoms. The molecule has 0 spiro atoms. The second-order valence-corrected chi connectivity index (χ2v) is 11.3. The number of fused-ring (bicyclic) bond motifs is 2. The van der Waals surface area contributed by atoms with E-state index in [2.05, 4.69) is 25.5 Å². The molecule has 0 radical (unpaired) electrons. The first kappa shape index (κ1) is 27.5. The third kappa shape index (κ3) is 5.26. The van der Waals surface area contributed by atoms with Gasteiger partial charge in [-0.25, -0.2) is 4.98 Å². The summed E-state index contributed by atoms with van der Waals surface area (Å²) in [5.41, 5.74) is 7.49. The minimum absolute atomic E-state index is 0. The van der Waals surface area contributed by atoms with Crippen molar-refractivity contribution >= 4 is 63.8 Å². The largest absolute Gasteiger partial charge is 0.359 e. The number of ketones is 1. The van der Waals surface area contributed by atoms with Gasteiger partial charge in [0.15, 0.2) is 5.01 Å². The molecule has 12 heteroatoms. The van der Waals surface area contributed by atoms with Crippen molar-refractivity contribution in [3.05, 3.63) is 50.6 Å². The van der Waals surface area contributed by atoms with Crippen molar-refractivity contribution in [2.75, 3.05) is 20.6 Å². The van der Waals surface area contributed by atoms with Crippen LogP contribution in [0.3, 0.4) is 0 Å². The number of nitrogens with zero attached hydrogens (tertiary/aromatic N) is 2. The zero-order valence-electron chi connectivity index (χ0n) is 20.6. The molecule has 3 unspecified atom stereocenters. The highest BCUT2D eigenvalue weighted by Gasteiger charge is 2.49. The summed E-state index contributed by atoms with van der Waals surface area (Å²) in [6.45, 7) is 1.65. The summed E-state index contributed by atoms with van der Waals surface area (Å²) in [5.74, 6) is -1.16. The number of hydrogen-bond acceptors (Lipinski definition) is 7. The normalized spacial score (nSPS) is 23.7. The van der Waals surface area contributed by atoms with Crippen LogP contribution in [0.15, 0.2) is 24.3 Å². The molecule has 1 aliphatic heterocycles. The number of rotatable bonds is 5. The van der Waals surface area contributed by atoms with Crippen LogP contribution in [-0.4, -0.2) is 64.7 Å². The Labute approximate surface area is 229 Å². The van der Waals surface area contributed by atoms with Crippen molar-refractivity contribution in [2.24, 2.45) is 11.7 Å². The number of amides is 2. The van der Waals surface area contributed by atoms with Gasteiger partial charge in [-0.15, -0.1) is 23.7 Å². The summed E-state index contributed by atoms with van der Waals surface area (Å²) in [4.78, 5) is 50.5. The van der Waals surface area contributed by atoms with Gasteiger partial charge in [0.25, 0.3) is 5.91 Å². The van der Waals surface area contributed by atoms with E-state index in [1.165, 1.54) is 11.3 Å². The van der Waals surface area contributed by atoms with E-state index in [0.717, 1.165) is 41.0 Å². The fraction of sp³-hybridized carbons (Fsp3) is 0.440. The number of carbonyl (C=O) groups is 3. The Morgan fingerprint density at radius 2 is 2.08 bits per heavy atom. The number of carbonyl (C=O) groups excluding carboxylic acids is 3. The molecular formula is C25H30Cl2N6O3S. The highest BCUT2D eigenvalue weighted by atomic mass is 35.5. The molecule has 5 N–H and O–H groups in total. The zero-order chi connectivity index (χ0) is 25.6. The number of thiazole rings is 1. The number of Topliss-reactive ketones (excluding diaryl/α,β-unsaturated/α-hetero) is 1. The number of H-pyrrole nitrogens is 1. The molecule has 3 aromatic rings. The van der Waals surface area contributed by atoms with Crippen molar-refractivity contribution in [1.29, 1.82) is 0 Å². The fourth-order valence-corrected chi connectivity index (χ4v) is 6.49. The second-order valence-electron chi connectivity index (χ2n) is 9.77. The van der Waals surface area contributed by atoms with E-state index in [4.69, 9.17) is 17.3 Å². The highest BCUT2D eigenvalue weighted by molar-refractivity contribution is 7.13. The lowest BCUT2D eigenvalue weighted by atomic mass is 9.70. The van der Waals surface area contributed by atoms with Crippen molar-refractivity contribution < 1.29 is 14.4 Å². The quantitative estimate of drug-likeness (QED) is 0.352. The summed E-state index contributed by atoms with van der Waals surface area (Å²) < 4.78 is 0. The van der Waals surface area contributed by atoms with Crippen LogP contribution in [0.25, 0.3) is 10.9 Å². The summed E-state index contributed by atoms with van der Waals surface area (Å²) in [6, 6.07) is 6.31. The first-order valence-electron chi connectivity index (χ1n) is 12.0. The van der Waals surface area contributed by atoms with Crippen molar-refractivity contribution in [3.63, 3.8) is 0 Å². The molecule has 1 aliphatic carbocycles. The second kappa shape index (κ2) is 10.7. The molecule has 5 rings (SSSR count). The predicted octanol–water partition coefficient (Wildman–Crippen LogP) is 2.91. The van der Waals surface area contributed by atoms with Gasteiger partial charge in [0.1, 0.15) is 5.54 Å². The maximum absolute atomic E-state index is 13.8. The van der Waals surface area contributed by atoms with Crippen molar-refractivity contribution in [3.8, 4) is 0 Å². The molecule has 2 aliphatic rings. The summed E-state index contributed by atoms with van der Waals surface area (Å²) >= 11 is 7.48. The van der Waals surface area contributed by atoms with E-state index in [1.54, 1.807) is 31.3 Å². The van der Waals surface area contributed by atoms with Crippen molar-refractivity contribution in [1.82, 2.24) is 25.5 Å². The predicted molar refractivity (Wildman–Crippen MR) is 147 cm³/mol. The standard InChI is InChI=1S/C25H29ClN6O3S.ClH/c1-28-22(34)13-5-7-25(27,21(33)18-10-14-9-15(26)3-4-16(14)29-18)20(11-13)31-23(35)24-30-17-6-8-32(2)12-19(17)36-24;/h3-4,9-10,13,20,29H,5-8,11-12,27H2,1-2H3,(H,28,34)(H,31,35);1H. The maximum atomic E-state index is 13.8. The first-order chi connectivity index (χ1) is 17.2. The van der Waals surface area contributed by atoms with Crippen LogP contribution in [0.5, 0.6) is 0 Å². The zero-order valence-corrected chi connectivity index (χ0v) is 23.0. The molecule has 1 saturated carbocycles. The molecule has 3 atom stereocenters. The lowest BCUT2D eigenvalue weighted by Crippen LogP contribution is -2.66. The summed E-state index contributed by atoms with van der Waals surface area (Å²) in [7, 11) is 3.62. The average molecular weight is 566 g/mol. The third-order valence-electron chi connectivity index (χ3n) is 7.34. The number of benzene rings is 1. The van der Waals surface area contributed by atoms with Crippen LogP contribution in [-0.2, 0) is 17.8 Å². The molecule has 2 amide bonds. The number of nitrogens with one attached hydrogen (secondary N) is 3. The van der Waals surface area contributed by atoms with Gasteiger partial charge in [0.05, 0.1) is 17.4 Å². The summed E-state index contributed by atoms with van der Waals surface area (Å²) in [5, 5.41) is 7.38. The molecule has 2 aromatic heterocycles. The molecule has 1 fully saturated rings. The molecule has 0 saturated heterocycles. The maximum Gasteiger partial charge on any atom is 0.280 e. The van der Waals surface area contributed by atoms with Crippen LogP contribution in [0.2, 0.25) is 5.02 Å². The van der Waals surface area contributed by atoms with E-state index in [-0.39, 0.29) is 48.8 Å². The lowest BCUT2D eigenvalue weighted by Gasteiger charge is -2.42. The Balaban J connectivity index is 0.00000320. The molecule has 1 aromatic carbocycles. The lowest BCUT2D eigenvalue weighted by molar-refractivity contribution is -0.126. The minimum atomic E-state index is -1.39. The number of aromatic nitrogens is 2. The van der Waals surface area contributed by atoms with Crippen LogP contribution < -0.4 is 16.4 Å². The number of nitrogens with two attached hydrogens (primary N) is 1. The minimum Gasteiger partial charge on any atom is -0.359 e. The smallest absolute Gasteiger partial charge is 0.280 e. The number of likely N-dealkylation sites (N-methyl/N-ethyl adjacent to an activating group) is 1. The van der Waals surface area contributed by atoms with E-state index in [0.29, 0.717) is 22.1 Å². The van der Waals surface area contributed by atoms with Crippen molar-refractivity contribution in [2.45, 2.75) is 43.8 Å². The molecule has 0 bridgehead atoms. The average Bonchev–Trinajstić information content (AvgIpc) is 3.47. The van der Waals surface area contributed by atoms with E-state index in [9.17, 15) is 14.4 Å². The summed E-state index contributed by atoms with van der Waals surface area (Å²) in [6.07, 6.45) is 1.75. The van der Waals surface area contributed by atoms with Gasteiger partial charge in [0.2, 0.25) is 11.7 Å². The molecule has 3 heterocycles. The topological polar surface area (TPSA) is 133 Å². The molecule has 198 valence electrons. The number of halogens is 2. The third-order valence-corrected chi connectivity index (χ3v) is 8.65. The van der Waals surface area contributed by atoms with Crippen LogP contribution in [0.4, 0.5) is 0 Å². The Hall–Kier alpha value is -2.50. The Morgan fingerprint density at radius 1 is 1.30 bits per heavy atom. The van der Waals surface area contributed by atoms with Gasteiger partial charge in [-0.2, -0.15) is 0 Å². The molecule has 9 nitrogen and oxygen atoms in total. The van der Waals surface area contributed by atoms with Crippen LogP contribution >= 0.6 is 35.3 Å². The van der Waals surface area contributed by atoms with Gasteiger partial charge in [-0.3, -0.25) is 14.4 Å². The van der Waals surface area contributed by atoms with Gasteiger partial charge in [-0.05, 0) is 50.6 Å². The van der Waals surface area contributed by atoms with Gasteiger partial charge < -0.3 is 26.3 Å². The monoisotopic (exact) mass is 564 g/mol. The van der Waals surface area contributed by atoms with Crippen LogP contribution in [0.1, 0.15) is 50.1 Å². The highest BCUT2D eigenvalue weighted by Crippen LogP contribution is 2.35. The Morgan fingerprint density at radius 3 is 2.84 bits per heavy atom. The van der Waals surface area contributed by atoms with Gasteiger partial charge >= 0.3 is 0 Å². The number of aromatic amines is 1. The van der Waals surface area contributed by atoms with Gasteiger partial charge in [0, 0.05) is 53.3 Å². The fourth-order valence-electron chi connectivity index (χ4n) is 5.22. The van der Waals surface area contributed by atoms with E-state index in [1.807, 2.05) is 7.05 Å². The SMILES string of the molecule is CNC(=O)C1CCC(N)(C(=O)c2cc3cc(Cl)ccc3[nH]2)C(NC(=O)c2nc3c(s2)CN(C)CC3)C1.Cl.